The number of hydrogen-bond acceptors (Lipinski definition) is 3. The lowest BCUT2D eigenvalue weighted by Crippen LogP contribution is -2.15. The summed E-state index contributed by atoms with van der Waals surface area (Å²) >= 11 is 1.66. The van der Waals surface area contributed by atoms with Gasteiger partial charge in [0.1, 0.15) is 0 Å². The van der Waals surface area contributed by atoms with Gasteiger partial charge in [0, 0.05) is 11.6 Å². The Balaban J connectivity index is 1.76. The zero-order valence-electron chi connectivity index (χ0n) is 13.1. The Morgan fingerprint density at radius 3 is 2.73 bits per heavy atom. The lowest BCUT2D eigenvalue weighted by atomic mass is 9.90. The molecule has 3 rings (SSSR count). The minimum absolute atomic E-state index is 0.641. The molecule has 0 atom stereocenters. The summed E-state index contributed by atoms with van der Waals surface area (Å²) in [5, 5.41) is 6.84. The molecule has 0 N–H and O–H groups in total. The second-order valence-electron chi connectivity index (χ2n) is 5.94. The van der Waals surface area contributed by atoms with Crippen molar-refractivity contribution in [2.24, 2.45) is 16.0 Å². The van der Waals surface area contributed by atoms with Crippen molar-refractivity contribution < 1.29 is 0 Å². The Bertz CT molecular complexity index is 676. The van der Waals surface area contributed by atoms with E-state index in [4.69, 9.17) is 10.1 Å². The zero-order valence-corrected chi connectivity index (χ0v) is 13.9. The van der Waals surface area contributed by atoms with E-state index < -0.39 is 0 Å². The van der Waals surface area contributed by atoms with Gasteiger partial charge in [-0.1, -0.05) is 49.6 Å². The Morgan fingerprint density at radius 1 is 1.18 bits per heavy atom. The van der Waals surface area contributed by atoms with Crippen LogP contribution in [0.4, 0.5) is 0 Å². The van der Waals surface area contributed by atoms with Gasteiger partial charge in [0.25, 0.3) is 0 Å². The van der Waals surface area contributed by atoms with E-state index in [1.807, 2.05) is 10.7 Å². The van der Waals surface area contributed by atoms with E-state index in [0.29, 0.717) is 12.5 Å². The van der Waals surface area contributed by atoms with E-state index >= 15 is 0 Å². The van der Waals surface area contributed by atoms with Gasteiger partial charge in [-0.2, -0.15) is 5.10 Å². The first-order chi connectivity index (χ1) is 10.8. The number of aryl methyl sites for hydroxylation is 1. The van der Waals surface area contributed by atoms with Crippen molar-refractivity contribution in [3.8, 4) is 0 Å². The Kier molecular flexibility index (Phi) is 5.22. The number of benzene rings is 1. The minimum atomic E-state index is 0.641. The summed E-state index contributed by atoms with van der Waals surface area (Å²) < 4.78 is 1.99. The van der Waals surface area contributed by atoms with Crippen LogP contribution in [-0.2, 0) is 6.54 Å². The van der Waals surface area contributed by atoms with Crippen molar-refractivity contribution in [2.75, 3.05) is 0 Å². The highest BCUT2D eigenvalue weighted by atomic mass is 32.1. The maximum atomic E-state index is 4.73. The van der Waals surface area contributed by atoms with Crippen LogP contribution in [0.3, 0.4) is 0 Å². The average Bonchev–Trinajstić information content (AvgIpc) is 2.93. The monoisotopic (exact) mass is 313 g/mol. The van der Waals surface area contributed by atoms with Crippen LogP contribution < -0.4 is 4.80 Å². The third-order valence-corrected chi connectivity index (χ3v) is 5.10. The summed E-state index contributed by atoms with van der Waals surface area (Å²) in [6, 6.07) is 10.4. The summed E-state index contributed by atoms with van der Waals surface area (Å²) in [5.41, 5.74) is 2.39. The molecule has 0 spiro atoms. The average molecular weight is 313 g/mol. The van der Waals surface area contributed by atoms with E-state index in [1.165, 1.54) is 37.7 Å². The van der Waals surface area contributed by atoms with Crippen molar-refractivity contribution in [2.45, 2.75) is 45.6 Å². The van der Waals surface area contributed by atoms with Gasteiger partial charge in [-0.05, 0) is 31.2 Å². The molecule has 1 heterocycles. The lowest BCUT2D eigenvalue weighted by molar-refractivity contribution is 0.443. The van der Waals surface area contributed by atoms with E-state index in [1.54, 1.807) is 11.3 Å². The largest absolute Gasteiger partial charge is 0.253 e. The molecule has 0 saturated heterocycles. The third kappa shape index (κ3) is 3.95. The highest BCUT2D eigenvalue weighted by molar-refractivity contribution is 7.07. The van der Waals surface area contributed by atoms with Crippen LogP contribution >= 0.6 is 11.3 Å². The Morgan fingerprint density at radius 2 is 1.95 bits per heavy atom. The molecule has 1 aromatic carbocycles. The molecule has 1 aliphatic rings. The number of thiazole rings is 1. The summed E-state index contributed by atoms with van der Waals surface area (Å²) in [6.07, 6.45) is 8.77. The molecule has 1 fully saturated rings. The van der Waals surface area contributed by atoms with Gasteiger partial charge in [0.2, 0.25) is 4.80 Å². The minimum Gasteiger partial charge on any atom is -0.253 e. The summed E-state index contributed by atoms with van der Waals surface area (Å²) in [6.45, 7) is 2.80. The van der Waals surface area contributed by atoms with Crippen molar-refractivity contribution >= 4 is 17.6 Å². The molecule has 2 aromatic rings. The molecule has 3 nitrogen and oxygen atoms in total. The normalized spacial score (nSPS) is 17.4. The SMILES string of the molecule is Cc1csc(=NCc2ccccc2)n1N=CC1CCCCC1. The van der Waals surface area contributed by atoms with Gasteiger partial charge in [0.15, 0.2) is 0 Å². The first-order valence-electron chi connectivity index (χ1n) is 8.09. The molecule has 0 bridgehead atoms. The second kappa shape index (κ2) is 7.54. The standard InChI is InChI=1S/C18H23N3S/c1-15-14-22-18(19-12-16-8-4-2-5-9-16)21(15)20-13-17-10-6-3-7-11-17/h2,4-5,8-9,13-14,17H,3,6-7,10-12H2,1H3. The molecule has 0 unspecified atom stereocenters. The predicted octanol–water partition coefficient (Wildman–Crippen LogP) is 4.37. The van der Waals surface area contributed by atoms with Crippen LogP contribution in [0, 0.1) is 12.8 Å². The molecule has 0 aliphatic heterocycles. The van der Waals surface area contributed by atoms with E-state index in [9.17, 15) is 0 Å². The summed E-state index contributed by atoms with van der Waals surface area (Å²) in [7, 11) is 0. The van der Waals surface area contributed by atoms with E-state index in [0.717, 1.165) is 10.5 Å². The van der Waals surface area contributed by atoms with Gasteiger partial charge in [0.05, 0.1) is 12.2 Å². The van der Waals surface area contributed by atoms with Crippen molar-refractivity contribution in [3.63, 3.8) is 0 Å². The fraction of sp³-hybridized carbons (Fsp3) is 0.444. The van der Waals surface area contributed by atoms with Crippen LogP contribution in [0.2, 0.25) is 0 Å². The first-order valence-corrected chi connectivity index (χ1v) is 8.97. The number of hydrogen-bond donors (Lipinski definition) is 0. The van der Waals surface area contributed by atoms with Crippen LogP contribution in [0.15, 0.2) is 45.8 Å². The first kappa shape index (κ1) is 15.2. The second-order valence-corrected chi connectivity index (χ2v) is 6.77. The fourth-order valence-electron chi connectivity index (χ4n) is 2.82. The summed E-state index contributed by atoms with van der Waals surface area (Å²) in [4.78, 5) is 5.71. The molecule has 1 saturated carbocycles. The molecule has 1 aromatic heterocycles. The highest BCUT2D eigenvalue weighted by Gasteiger charge is 2.11. The topological polar surface area (TPSA) is 29.6 Å². The van der Waals surface area contributed by atoms with Crippen LogP contribution in [0.1, 0.15) is 43.4 Å². The van der Waals surface area contributed by atoms with Crippen LogP contribution in [0.25, 0.3) is 0 Å². The van der Waals surface area contributed by atoms with Crippen LogP contribution in [0.5, 0.6) is 0 Å². The maximum absolute atomic E-state index is 4.73. The number of rotatable bonds is 4. The van der Waals surface area contributed by atoms with Crippen molar-refractivity contribution in [1.82, 2.24) is 4.68 Å². The molecule has 116 valence electrons. The Labute approximate surface area is 136 Å². The van der Waals surface area contributed by atoms with Crippen molar-refractivity contribution in [1.29, 1.82) is 0 Å². The molecule has 4 heteroatoms. The third-order valence-electron chi connectivity index (χ3n) is 4.13. The van der Waals surface area contributed by atoms with Gasteiger partial charge >= 0.3 is 0 Å². The molecule has 0 radical (unpaired) electrons. The molecular weight excluding hydrogens is 290 g/mol. The molecular formula is C18H23N3S. The van der Waals surface area contributed by atoms with Gasteiger partial charge in [-0.3, -0.25) is 4.99 Å². The van der Waals surface area contributed by atoms with Gasteiger partial charge < -0.3 is 0 Å². The van der Waals surface area contributed by atoms with Crippen molar-refractivity contribution in [3.05, 3.63) is 51.8 Å². The quantitative estimate of drug-likeness (QED) is 0.750. The molecule has 1 aliphatic carbocycles. The summed E-state index contributed by atoms with van der Waals surface area (Å²) in [5.74, 6) is 0.641. The van der Waals surface area contributed by atoms with E-state index in [-0.39, 0.29) is 0 Å². The van der Waals surface area contributed by atoms with E-state index in [2.05, 4.69) is 42.8 Å². The molecule has 0 amide bonds. The number of nitrogens with zero attached hydrogens (tertiary/aromatic N) is 3. The Hall–Kier alpha value is -1.68. The predicted molar refractivity (Wildman–Crippen MR) is 93.2 cm³/mol. The van der Waals surface area contributed by atoms with Gasteiger partial charge in [-0.15, -0.1) is 11.3 Å². The lowest BCUT2D eigenvalue weighted by Gasteiger charge is -2.16. The molecule has 22 heavy (non-hydrogen) atoms. The zero-order chi connectivity index (χ0) is 15.2. The number of aromatic nitrogens is 1. The fourth-order valence-corrected chi connectivity index (χ4v) is 3.63. The highest BCUT2D eigenvalue weighted by Crippen LogP contribution is 2.21. The smallest absolute Gasteiger partial charge is 0.206 e. The van der Waals surface area contributed by atoms with Crippen LogP contribution in [-0.4, -0.2) is 10.9 Å². The maximum Gasteiger partial charge on any atom is 0.206 e. The van der Waals surface area contributed by atoms with Gasteiger partial charge in [-0.25, -0.2) is 4.68 Å².